The number of fused-ring (bicyclic) bond motifs is 1. The molecule has 0 aliphatic rings. The van der Waals surface area contributed by atoms with Crippen molar-refractivity contribution in [2.75, 3.05) is 7.11 Å². The topological polar surface area (TPSA) is 65.7 Å². The third kappa shape index (κ3) is 3.09. The minimum atomic E-state index is -0.588. The molecule has 0 aliphatic heterocycles. The Labute approximate surface area is 140 Å². The second-order valence-electron chi connectivity index (χ2n) is 4.58. The van der Waals surface area contributed by atoms with Crippen LogP contribution in [0.1, 0.15) is 26.0 Å². The summed E-state index contributed by atoms with van der Waals surface area (Å²) < 4.78 is 15.9. The van der Waals surface area contributed by atoms with Gasteiger partial charge in [-0.25, -0.2) is 9.59 Å². The zero-order chi connectivity index (χ0) is 16.4. The maximum atomic E-state index is 12.2. The van der Waals surface area contributed by atoms with Crippen LogP contribution in [0.2, 0.25) is 5.02 Å². The number of carbonyl (C=O) groups is 2. The highest BCUT2D eigenvalue weighted by atomic mass is 35.5. The smallest absolute Gasteiger partial charge is 0.373 e. The molecule has 0 unspecified atom stereocenters. The van der Waals surface area contributed by atoms with E-state index in [4.69, 9.17) is 20.8 Å². The molecule has 0 aliphatic carbocycles. The summed E-state index contributed by atoms with van der Waals surface area (Å²) in [6.07, 6.45) is 0. The van der Waals surface area contributed by atoms with E-state index < -0.39 is 11.9 Å². The molecule has 0 fully saturated rings. The molecule has 0 amide bonds. The van der Waals surface area contributed by atoms with Crippen LogP contribution in [-0.2, 0) is 16.1 Å². The molecule has 7 heteroatoms. The number of ether oxygens (including phenoxy) is 2. The van der Waals surface area contributed by atoms with Crippen molar-refractivity contribution in [3.63, 3.8) is 0 Å². The number of esters is 2. The molecule has 0 saturated heterocycles. The van der Waals surface area contributed by atoms with Gasteiger partial charge < -0.3 is 13.9 Å². The molecule has 0 N–H and O–H groups in total. The summed E-state index contributed by atoms with van der Waals surface area (Å²) in [7, 11) is 1.26. The van der Waals surface area contributed by atoms with Gasteiger partial charge in [0.1, 0.15) is 17.2 Å². The van der Waals surface area contributed by atoms with Crippen LogP contribution in [0.4, 0.5) is 0 Å². The number of halogens is 1. The number of benzene rings is 1. The standard InChI is InChI=1S/C16H11ClO5S/c1-20-15(18)11-7-6-9(22-11)8-21-16(19)14-13(17)10-4-2-3-5-12(10)23-14/h2-7H,8H2,1H3. The van der Waals surface area contributed by atoms with Crippen LogP contribution in [-0.4, -0.2) is 19.0 Å². The first-order valence-corrected chi connectivity index (χ1v) is 7.80. The highest BCUT2D eigenvalue weighted by Crippen LogP contribution is 2.35. The predicted octanol–water partition coefficient (Wildman–Crippen LogP) is 4.29. The van der Waals surface area contributed by atoms with E-state index in [0.717, 1.165) is 10.1 Å². The van der Waals surface area contributed by atoms with Gasteiger partial charge in [-0.3, -0.25) is 0 Å². The van der Waals surface area contributed by atoms with E-state index in [1.807, 2.05) is 24.3 Å². The molecule has 118 valence electrons. The maximum Gasteiger partial charge on any atom is 0.373 e. The molecule has 0 atom stereocenters. The van der Waals surface area contributed by atoms with Crippen LogP contribution in [0.3, 0.4) is 0 Å². The third-order valence-electron chi connectivity index (χ3n) is 3.11. The zero-order valence-corrected chi connectivity index (χ0v) is 13.6. The van der Waals surface area contributed by atoms with Gasteiger partial charge in [0.25, 0.3) is 0 Å². The van der Waals surface area contributed by atoms with E-state index in [2.05, 4.69) is 4.74 Å². The number of furan rings is 1. The lowest BCUT2D eigenvalue weighted by molar-refractivity contribution is 0.0444. The van der Waals surface area contributed by atoms with Crippen molar-refractivity contribution in [3.8, 4) is 0 Å². The van der Waals surface area contributed by atoms with Crippen LogP contribution in [0, 0.1) is 0 Å². The lowest BCUT2D eigenvalue weighted by atomic mass is 10.2. The Hall–Kier alpha value is -2.31. The molecule has 2 heterocycles. The van der Waals surface area contributed by atoms with Crippen molar-refractivity contribution < 1.29 is 23.5 Å². The Morgan fingerprint density at radius 3 is 2.70 bits per heavy atom. The molecular formula is C16H11ClO5S. The summed E-state index contributed by atoms with van der Waals surface area (Å²) >= 11 is 7.49. The van der Waals surface area contributed by atoms with Gasteiger partial charge in [-0.05, 0) is 18.2 Å². The summed E-state index contributed by atoms with van der Waals surface area (Å²) in [5.74, 6) is -0.725. The number of carbonyl (C=O) groups excluding carboxylic acids is 2. The van der Waals surface area contributed by atoms with Crippen molar-refractivity contribution in [1.29, 1.82) is 0 Å². The van der Waals surface area contributed by atoms with Gasteiger partial charge in [-0.15, -0.1) is 11.3 Å². The SMILES string of the molecule is COC(=O)c1ccc(COC(=O)c2sc3ccccc3c2Cl)o1. The molecule has 2 aromatic heterocycles. The second-order valence-corrected chi connectivity index (χ2v) is 6.01. The number of hydrogen-bond donors (Lipinski definition) is 0. The Morgan fingerprint density at radius 2 is 1.96 bits per heavy atom. The molecule has 3 aromatic rings. The number of rotatable bonds is 4. The van der Waals surface area contributed by atoms with Crippen molar-refractivity contribution in [2.24, 2.45) is 0 Å². The molecule has 0 bridgehead atoms. The Balaban J connectivity index is 1.72. The fraction of sp³-hybridized carbons (Fsp3) is 0.125. The van der Waals surface area contributed by atoms with Gasteiger partial charge in [-0.2, -0.15) is 0 Å². The van der Waals surface area contributed by atoms with Crippen LogP contribution < -0.4 is 0 Å². The van der Waals surface area contributed by atoms with Crippen LogP contribution in [0.25, 0.3) is 10.1 Å². The molecule has 1 aromatic carbocycles. The lowest BCUT2D eigenvalue weighted by Crippen LogP contribution is -2.03. The predicted molar refractivity (Wildman–Crippen MR) is 86.0 cm³/mol. The Morgan fingerprint density at radius 1 is 1.17 bits per heavy atom. The van der Waals surface area contributed by atoms with Crippen molar-refractivity contribution in [2.45, 2.75) is 6.61 Å². The van der Waals surface area contributed by atoms with E-state index in [0.29, 0.717) is 15.7 Å². The molecular weight excluding hydrogens is 340 g/mol. The number of hydrogen-bond acceptors (Lipinski definition) is 6. The number of thiophene rings is 1. The lowest BCUT2D eigenvalue weighted by Gasteiger charge is -2.01. The summed E-state index contributed by atoms with van der Waals surface area (Å²) in [6.45, 7) is -0.0968. The molecule has 5 nitrogen and oxygen atoms in total. The minimum absolute atomic E-state index is 0.0541. The average Bonchev–Trinajstić information content (AvgIpc) is 3.17. The first-order valence-electron chi connectivity index (χ1n) is 6.61. The summed E-state index contributed by atoms with van der Waals surface area (Å²) in [5, 5.41) is 1.20. The number of methoxy groups -OCH3 is 1. The van der Waals surface area contributed by atoms with Crippen molar-refractivity contribution >= 4 is 45.0 Å². The zero-order valence-electron chi connectivity index (χ0n) is 12.0. The fourth-order valence-electron chi connectivity index (χ4n) is 2.01. The first-order chi connectivity index (χ1) is 11.1. The quantitative estimate of drug-likeness (QED) is 0.656. The first kappa shape index (κ1) is 15.6. The van der Waals surface area contributed by atoms with E-state index >= 15 is 0 Å². The molecule has 23 heavy (non-hydrogen) atoms. The van der Waals surface area contributed by atoms with E-state index in [-0.39, 0.29) is 12.4 Å². The largest absolute Gasteiger partial charge is 0.463 e. The molecule has 0 spiro atoms. The molecule has 0 saturated carbocycles. The Bertz CT molecular complexity index is 880. The van der Waals surface area contributed by atoms with Crippen molar-refractivity contribution in [3.05, 3.63) is 57.8 Å². The van der Waals surface area contributed by atoms with Gasteiger partial charge in [0.05, 0.1) is 12.1 Å². The van der Waals surface area contributed by atoms with Crippen LogP contribution in [0.5, 0.6) is 0 Å². The monoisotopic (exact) mass is 350 g/mol. The molecule has 0 radical (unpaired) electrons. The minimum Gasteiger partial charge on any atom is -0.463 e. The summed E-state index contributed by atoms with van der Waals surface area (Å²) in [4.78, 5) is 23.8. The van der Waals surface area contributed by atoms with Crippen molar-refractivity contribution in [1.82, 2.24) is 0 Å². The normalized spacial score (nSPS) is 10.7. The highest BCUT2D eigenvalue weighted by Gasteiger charge is 2.19. The third-order valence-corrected chi connectivity index (χ3v) is 4.77. The van der Waals surface area contributed by atoms with Gasteiger partial charge in [-0.1, -0.05) is 29.8 Å². The molecule has 3 rings (SSSR count). The summed E-state index contributed by atoms with van der Waals surface area (Å²) in [6, 6.07) is 10.5. The van der Waals surface area contributed by atoms with E-state index in [1.165, 1.54) is 24.5 Å². The van der Waals surface area contributed by atoms with Gasteiger partial charge >= 0.3 is 11.9 Å². The van der Waals surface area contributed by atoms with Gasteiger partial charge in [0.2, 0.25) is 5.76 Å². The second kappa shape index (κ2) is 6.44. The fourth-order valence-corrected chi connectivity index (χ4v) is 3.42. The van der Waals surface area contributed by atoms with Crippen LogP contribution in [0.15, 0.2) is 40.8 Å². The van der Waals surface area contributed by atoms with E-state index in [9.17, 15) is 9.59 Å². The average molecular weight is 351 g/mol. The highest BCUT2D eigenvalue weighted by molar-refractivity contribution is 7.21. The maximum absolute atomic E-state index is 12.2. The Kier molecular flexibility index (Phi) is 4.36. The van der Waals surface area contributed by atoms with Gasteiger partial charge in [0, 0.05) is 10.1 Å². The van der Waals surface area contributed by atoms with E-state index in [1.54, 1.807) is 6.07 Å². The van der Waals surface area contributed by atoms with Gasteiger partial charge in [0.15, 0.2) is 0 Å². The van der Waals surface area contributed by atoms with Crippen LogP contribution >= 0.6 is 22.9 Å². The summed E-state index contributed by atoms with van der Waals surface area (Å²) in [5.41, 5.74) is 0.